The molecule has 1 aromatic heterocycles. The van der Waals surface area contributed by atoms with Gasteiger partial charge in [0.25, 0.3) is 0 Å². The fourth-order valence-electron chi connectivity index (χ4n) is 2.27. The fraction of sp³-hybridized carbons (Fsp3) is 0.308. The lowest BCUT2D eigenvalue weighted by atomic mass is 10.3. The molecule has 0 radical (unpaired) electrons. The average Bonchev–Trinajstić information content (AvgIpc) is 2.93. The highest BCUT2D eigenvalue weighted by Gasteiger charge is 2.21. The summed E-state index contributed by atoms with van der Waals surface area (Å²) in [6.45, 7) is 0. The molecule has 0 amide bonds. The van der Waals surface area contributed by atoms with Gasteiger partial charge in [-0.2, -0.15) is 5.10 Å². The van der Waals surface area contributed by atoms with Crippen molar-refractivity contribution in [3.63, 3.8) is 0 Å². The Morgan fingerprint density at radius 1 is 1.35 bits per heavy atom. The van der Waals surface area contributed by atoms with Gasteiger partial charge >= 0.3 is 0 Å². The van der Waals surface area contributed by atoms with Gasteiger partial charge in [0.1, 0.15) is 10.4 Å². The van der Waals surface area contributed by atoms with Gasteiger partial charge in [-0.15, -0.1) is 0 Å². The standard InChI is InChI=1S/C13H13BrN2O/c1-17-10-5-2-4-9(8-10)16-13(14)11-6-3-7-12(11)15-16/h2,4-5,8H,3,6-7H2,1H3. The normalized spacial score (nSPS) is 13.8. The molecule has 88 valence electrons. The highest BCUT2D eigenvalue weighted by atomic mass is 79.9. The molecular formula is C13H13BrN2O. The smallest absolute Gasteiger partial charge is 0.121 e. The predicted molar refractivity (Wildman–Crippen MR) is 69.8 cm³/mol. The molecule has 1 aromatic carbocycles. The zero-order valence-electron chi connectivity index (χ0n) is 9.61. The number of hydrogen-bond acceptors (Lipinski definition) is 2. The maximum absolute atomic E-state index is 5.24. The van der Waals surface area contributed by atoms with Crippen LogP contribution >= 0.6 is 15.9 Å². The van der Waals surface area contributed by atoms with Crippen molar-refractivity contribution in [1.29, 1.82) is 0 Å². The summed E-state index contributed by atoms with van der Waals surface area (Å²) >= 11 is 3.65. The Morgan fingerprint density at radius 2 is 2.24 bits per heavy atom. The first-order chi connectivity index (χ1) is 8.29. The Kier molecular flexibility index (Phi) is 2.67. The number of ether oxygens (including phenoxy) is 1. The van der Waals surface area contributed by atoms with Crippen LogP contribution in [-0.2, 0) is 12.8 Å². The largest absolute Gasteiger partial charge is 0.497 e. The van der Waals surface area contributed by atoms with Crippen LogP contribution in [0.5, 0.6) is 5.75 Å². The van der Waals surface area contributed by atoms with E-state index in [9.17, 15) is 0 Å². The summed E-state index contributed by atoms with van der Waals surface area (Å²) in [5, 5.41) is 4.65. The number of benzene rings is 1. The molecule has 0 fully saturated rings. The summed E-state index contributed by atoms with van der Waals surface area (Å²) in [5.41, 5.74) is 3.61. The highest BCUT2D eigenvalue weighted by Crippen LogP contribution is 2.31. The molecule has 2 aromatic rings. The minimum atomic E-state index is 0.852. The summed E-state index contributed by atoms with van der Waals surface area (Å²) in [6.07, 6.45) is 3.43. The average molecular weight is 293 g/mol. The maximum atomic E-state index is 5.24. The Labute approximate surface area is 109 Å². The van der Waals surface area contributed by atoms with Crippen LogP contribution in [0.4, 0.5) is 0 Å². The van der Waals surface area contributed by atoms with Gasteiger partial charge in [-0.3, -0.25) is 0 Å². The first kappa shape index (κ1) is 10.8. The van der Waals surface area contributed by atoms with E-state index in [0.717, 1.165) is 28.9 Å². The Balaban J connectivity index is 2.09. The van der Waals surface area contributed by atoms with E-state index in [0.29, 0.717) is 0 Å². The molecule has 0 spiro atoms. The molecule has 0 atom stereocenters. The van der Waals surface area contributed by atoms with Crippen LogP contribution in [0.1, 0.15) is 17.7 Å². The van der Waals surface area contributed by atoms with E-state index in [-0.39, 0.29) is 0 Å². The maximum Gasteiger partial charge on any atom is 0.121 e. The number of halogens is 1. The molecule has 17 heavy (non-hydrogen) atoms. The number of methoxy groups -OCH3 is 1. The molecule has 0 N–H and O–H groups in total. The molecule has 0 bridgehead atoms. The lowest BCUT2D eigenvalue weighted by Gasteiger charge is -2.06. The molecule has 0 saturated heterocycles. The van der Waals surface area contributed by atoms with Crippen LogP contribution in [0, 0.1) is 0 Å². The molecule has 0 saturated carbocycles. The van der Waals surface area contributed by atoms with Crippen molar-refractivity contribution in [3.8, 4) is 11.4 Å². The van der Waals surface area contributed by atoms with Crippen molar-refractivity contribution in [2.45, 2.75) is 19.3 Å². The number of hydrogen-bond donors (Lipinski definition) is 0. The summed E-state index contributed by atoms with van der Waals surface area (Å²) in [6, 6.07) is 7.95. The number of fused-ring (bicyclic) bond motifs is 1. The van der Waals surface area contributed by atoms with E-state index in [2.05, 4.69) is 21.0 Å². The van der Waals surface area contributed by atoms with Crippen molar-refractivity contribution in [2.75, 3.05) is 7.11 Å². The molecule has 4 heteroatoms. The van der Waals surface area contributed by atoms with Gasteiger partial charge in [0, 0.05) is 11.6 Å². The topological polar surface area (TPSA) is 27.1 Å². The summed E-state index contributed by atoms with van der Waals surface area (Å²) in [7, 11) is 1.68. The van der Waals surface area contributed by atoms with Gasteiger partial charge in [0.15, 0.2) is 0 Å². The number of aromatic nitrogens is 2. The second kappa shape index (κ2) is 4.18. The predicted octanol–water partition coefficient (Wildman–Crippen LogP) is 3.13. The van der Waals surface area contributed by atoms with E-state index in [1.807, 2.05) is 28.9 Å². The van der Waals surface area contributed by atoms with Crippen LogP contribution in [0.2, 0.25) is 0 Å². The van der Waals surface area contributed by atoms with Crippen LogP contribution in [0.15, 0.2) is 28.9 Å². The van der Waals surface area contributed by atoms with Crippen molar-refractivity contribution >= 4 is 15.9 Å². The van der Waals surface area contributed by atoms with E-state index >= 15 is 0 Å². The first-order valence-electron chi connectivity index (χ1n) is 5.70. The third-order valence-corrected chi connectivity index (χ3v) is 3.96. The third-order valence-electron chi connectivity index (χ3n) is 3.14. The quantitative estimate of drug-likeness (QED) is 0.850. The van der Waals surface area contributed by atoms with E-state index < -0.39 is 0 Å². The number of nitrogens with zero attached hydrogens (tertiary/aromatic N) is 2. The lowest BCUT2D eigenvalue weighted by molar-refractivity contribution is 0.414. The SMILES string of the molecule is COc1cccc(-n2nc3c(c2Br)CCC3)c1. The molecule has 0 unspecified atom stereocenters. The minimum absolute atomic E-state index is 0.852. The molecule has 1 aliphatic carbocycles. The highest BCUT2D eigenvalue weighted by molar-refractivity contribution is 9.10. The summed E-state index contributed by atoms with van der Waals surface area (Å²) in [4.78, 5) is 0. The van der Waals surface area contributed by atoms with Crippen LogP contribution in [0.3, 0.4) is 0 Å². The second-order valence-electron chi connectivity index (χ2n) is 4.18. The zero-order chi connectivity index (χ0) is 11.8. The van der Waals surface area contributed by atoms with Crippen LogP contribution in [-0.4, -0.2) is 16.9 Å². The van der Waals surface area contributed by atoms with E-state index in [4.69, 9.17) is 4.74 Å². The lowest BCUT2D eigenvalue weighted by Crippen LogP contribution is -1.99. The molecule has 3 nitrogen and oxygen atoms in total. The van der Waals surface area contributed by atoms with Gasteiger partial charge < -0.3 is 4.74 Å². The van der Waals surface area contributed by atoms with Gasteiger partial charge in [0.05, 0.1) is 18.5 Å². The van der Waals surface area contributed by atoms with Crippen molar-refractivity contribution in [3.05, 3.63) is 40.1 Å². The third kappa shape index (κ3) is 1.76. The molecular weight excluding hydrogens is 280 g/mol. The Bertz CT molecular complexity index is 563. The van der Waals surface area contributed by atoms with Crippen molar-refractivity contribution in [2.24, 2.45) is 0 Å². The minimum Gasteiger partial charge on any atom is -0.497 e. The molecule has 0 aliphatic heterocycles. The fourth-order valence-corrected chi connectivity index (χ4v) is 2.98. The summed E-state index contributed by atoms with van der Waals surface area (Å²) in [5.74, 6) is 0.852. The molecule has 1 aliphatic rings. The van der Waals surface area contributed by atoms with Gasteiger partial charge in [-0.25, -0.2) is 4.68 Å². The van der Waals surface area contributed by atoms with Gasteiger partial charge in [-0.05, 0) is 47.3 Å². The van der Waals surface area contributed by atoms with Crippen LogP contribution < -0.4 is 4.74 Å². The number of aryl methyl sites for hydroxylation is 1. The van der Waals surface area contributed by atoms with E-state index in [1.54, 1.807) is 7.11 Å². The van der Waals surface area contributed by atoms with Gasteiger partial charge in [0.2, 0.25) is 0 Å². The second-order valence-corrected chi connectivity index (χ2v) is 4.93. The van der Waals surface area contributed by atoms with E-state index in [1.165, 1.54) is 17.7 Å². The van der Waals surface area contributed by atoms with Crippen molar-refractivity contribution in [1.82, 2.24) is 9.78 Å². The van der Waals surface area contributed by atoms with Crippen LogP contribution in [0.25, 0.3) is 5.69 Å². The monoisotopic (exact) mass is 292 g/mol. The zero-order valence-corrected chi connectivity index (χ0v) is 11.2. The summed E-state index contributed by atoms with van der Waals surface area (Å²) < 4.78 is 8.27. The van der Waals surface area contributed by atoms with Gasteiger partial charge in [-0.1, -0.05) is 6.07 Å². The van der Waals surface area contributed by atoms with Crippen molar-refractivity contribution < 1.29 is 4.74 Å². The molecule has 1 heterocycles. The first-order valence-corrected chi connectivity index (χ1v) is 6.49. The Hall–Kier alpha value is -1.29. The number of rotatable bonds is 2. The molecule has 3 rings (SSSR count). The Morgan fingerprint density at radius 3 is 3.00 bits per heavy atom.